The van der Waals surface area contributed by atoms with Crippen molar-refractivity contribution in [2.75, 3.05) is 12.4 Å². The molecule has 1 heterocycles. The zero-order valence-corrected chi connectivity index (χ0v) is 20.0. The van der Waals surface area contributed by atoms with Gasteiger partial charge in [0.25, 0.3) is 0 Å². The van der Waals surface area contributed by atoms with Gasteiger partial charge in [-0.15, -0.1) is 0 Å². The highest BCUT2D eigenvalue weighted by Gasteiger charge is 2.47. The molecule has 6 heteroatoms. The summed E-state index contributed by atoms with van der Waals surface area (Å²) in [6, 6.07) is 23.8. The van der Waals surface area contributed by atoms with E-state index < -0.39 is 17.8 Å². The lowest BCUT2D eigenvalue weighted by Gasteiger charge is -2.43. The first-order chi connectivity index (χ1) is 16.4. The number of fused-ring (bicyclic) bond motifs is 1. The van der Waals surface area contributed by atoms with Gasteiger partial charge >= 0.3 is 5.97 Å². The number of hydrogen-bond donors (Lipinski definition) is 1. The fourth-order valence-corrected chi connectivity index (χ4v) is 4.11. The number of rotatable bonds is 8. The van der Waals surface area contributed by atoms with Crippen molar-refractivity contribution in [3.8, 4) is 11.5 Å². The molecule has 3 aromatic carbocycles. The van der Waals surface area contributed by atoms with Gasteiger partial charge in [0.15, 0.2) is 6.10 Å². The number of hydrogen-bond acceptors (Lipinski definition) is 6. The van der Waals surface area contributed by atoms with E-state index in [2.05, 4.69) is 5.32 Å². The maximum atomic E-state index is 11.9. The number of carbonyl (C=O) groups excluding carboxylic acids is 1. The van der Waals surface area contributed by atoms with Crippen LogP contribution in [0.4, 0.5) is 5.69 Å². The van der Waals surface area contributed by atoms with Crippen LogP contribution in [0.1, 0.15) is 43.6 Å². The Morgan fingerprint density at radius 3 is 2.41 bits per heavy atom. The quantitative estimate of drug-likeness (QED) is 0.436. The maximum Gasteiger partial charge on any atom is 0.303 e. The number of carbonyl (C=O) groups is 1. The summed E-state index contributed by atoms with van der Waals surface area (Å²) in [5, 5.41) is 3.46. The van der Waals surface area contributed by atoms with Crippen LogP contribution in [0.2, 0.25) is 0 Å². The third kappa shape index (κ3) is 5.51. The van der Waals surface area contributed by atoms with E-state index in [1.807, 2.05) is 86.6 Å². The molecule has 34 heavy (non-hydrogen) atoms. The zero-order valence-electron chi connectivity index (χ0n) is 20.0. The minimum Gasteiger partial charge on any atom is -0.497 e. The summed E-state index contributed by atoms with van der Waals surface area (Å²) in [5.41, 5.74) is 3.20. The summed E-state index contributed by atoms with van der Waals surface area (Å²) >= 11 is 0. The number of benzene rings is 3. The molecule has 0 aliphatic carbocycles. The van der Waals surface area contributed by atoms with Crippen LogP contribution in [0.5, 0.6) is 11.5 Å². The molecule has 1 N–H and O–H groups in total. The Morgan fingerprint density at radius 2 is 1.74 bits per heavy atom. The molecule has 178 valence electrons. The number of anilines is 1. The van der Waals surface area contributed by atoms with Crippen LogP contribution in [0.25, 0.3) is 0 Å². The Labute approximate surface area is 200 Å². The highest BCUT2D eigenvalue weighted by atomic mass is 16.6. The van der Waals surface area contributed by atoms with Crippen molar-refractivity contribution in [1.29, 1.82) is 0 Å². The molecular weight excluding hydrogens is 430 g/mol. The van der Waals surface area contributed by atoms with Crippen molar-refractivity contribution in [2.24, 2.45) is 0 Å². The molecule has 1 aliphatic rings. The van der Waals surface area contributed by atoms with Gasteiger partial charge in [-0.2, -0.15) is 0 Å². The number of methoxy groups -OCH3 is 1. The summed E-state index contributed by atoms with van der Waals surface area (Å²) in [6.07, 6.45) is -1.08. The predicted molar refractivity (Wildman–Crippen MR) is 131 cm³/mol. The van der Waals surface area contributed by atoms with E-state index in [0.717, 1.165) is 33.9 Å². The molecule has 0 spiro atoms. The molecule has 4 rings (SSSR count). The van der Waals surface area contributed by atoms with Gasteiger partial charge in [0, 0.05) is 24.7 Å². The lowest BCUT2D eigenvalue weighted by atomic mass is 9.87. The number of esters is 1. The summed E-state index contributed by atoms with van der Waals surface area (Å²) in [4.78, 5) is 11.9. The van der Waals surface area contributed by atoms with Gasteiger partial charge in [0.05, 0.1) is 13.7 Å². The van der Waals surface area contributed by atoms with Crippen LogP contribution in [0, 0.1) is 0 Å². The molecule has 2 unspecified atom stereocenters. The average molecular weight is 462 g/mol. The average Bonchev–Trinajstić information content (AvgIpc) is 2.83. The Kier molecular flexibility index (Phi) is 7.08. The van der Waals surface area contributed by atoms with Gasteiger partial charge in [-0.1, -0.05) is 42.5 Å². The molecule has 1 aliphatic heterocycles. The summed E-state index contributed by atoms with van der Waals surface area (Å²) < 4.78 is 23.6. The molecule has 0 radical (unpaired) electrons. The Morgan fingerprint density at radius 1 is 1.00 bits per heavy atom. The first kappa shape index (κ1) is 23.6. The van der Waals surface area contributed by atoms with Crippen LogP contribution in [-0.4, -0.2) is 24.8 Å². The summed E-state index contributed by atoms with van der Waals surface area (Å²) in [7, 11) is 1.66. The van der Waals surface area contributed by atoms with Gasteiger partial charge in [0.1, 0.15) is 23.2 Å². The van der Waals surface area contributed by atoms with Crippen molar-refractivity contribution in [3.63, 3.8) is 0 Å². The zero-order chi connectivity index (χ0) is 24.1. The van der Waals surface area contributed by atoms with Crippen LogP contribution >= 0.6 is 0 Å². The lowest BCUT2D eigenvalue weighted by Crippen LogP contribution is -2.51. The Bertz CT molecular complexity index is 1110. The maximum absolute atomic E-state index is 11.9. The van der Waals surface area contributed by atoms with Gasteiger partial charge in [0.2, 0.25) is 0 Å². The SMILES string of the molecule is COc1ccc(CNc2ccc3c(c2)C(OCc2ccccc2)C(OC(C)=O)C(C)(C)O3)cc1. The first-order valence-corrected chi connectivity index (χ1v) is 11.4. The lowest BCUT2D eigenvalue weighted by molar-refractivity contribution is -0.183. The molecule has 0 bridgehead atoms. The fourth-order valence-electron chi connectivity index (χ4n) is 4.11. The third-order valence-electron chi connectivity index (χ3n) is 5.87. The fraction of sp³-hybridized carbons (Fsp3) is 0.321. The summed E-state index contributed by atoms with van der Waals surface area (Å²) in [5.74, 6) is 1.18. The third-order valence-corrected chi connectivity index (χ3v) is 5.87. The second-order valence-electron chi connectivity index (χ2n) is 8.91. The normalized spacial score (nSPS) is 18.4. The first-order valence-electron chi connectivity index (χ1n) is 11.4. The standard InChI is InChI=1S/C28H31NO5/c1-19(30)33-27-26(32-18-21-8-6-5-7-9-21)24-16-22(12-15-25(24)34-28(27,2)3)29-17-20-10-13-23(31-4)14-11-20/h5-16,26-27,29H,17-18H2,1-4H3. The van der Waals surface area contributed by atoms with E-state index in [9.17, 15) is 4.79 Å². The molecule has 0 saturated heterocycles. The molecule has 3 aromatic rings. The molecule has 0 fully saturated rings. The minimum absolute atomic E-state index is 0.368. The highest BCUT2D eigenvalue weighted by Crippen LogP contribution is 2.44. The minimum atomic E-state index is -0.752. The molecule has 0 saturated carbocycles. The topological polar surface area (TPSA) is 66.0 Å². The molecular formula is C28H31NO5. The van der Waals surface area contributed by atoms with Gasteiger partial charge in [-0.3, -0.25) is 4.79 Å². The Balaban J connectivity index is 1.59. The molecule has 0 aromatic heterocycles. The number of nitrogens with one attached hydrogen (secondary N) is 1. The van der Waals surface area contributed by atoms with Crippen LogP contribution in [0.15, 0.2) is 72.8 Å². The van der Waals surface area contributed by atoms with E-state index >= 15 is 0 Å². The largest absolute Gasteiger partial charge is 0.497 e. The van der Waals surface area contributed by atoms with Crippen LogP contribution in [-0.2, 0) is 27.4 Å². The van der Waals surface area contributed by atoms with Crippen LogP contribution < -0.4 is 14.8 Å². The van der Waals surface area contributed by atoms with E-state index in [0.29, 0.717) is 13.2 Å². The van der Waals surface area contributed by atoms with E-state index in [1.165, 1.54) is 6.92 Å². The van der Waals surface area contributed by atoms with E-state index in [-0.39, 0.29) is 5.97 Å². The van der Waals surface area contributed by atoms with Crippen molar-refractivity contribution >= 4 is 11.7 Å². The van der Waals surface area contributed by atoms with Crippen molar-refractivity contribution in [2.45, 2.75) is 51.7 Å². The van der Waals surface area contributed by atoms with Crippen molar-refractivity contribution in [1.82, 2.24) is 0 Å². The van der Waals surface area contributed by atoms with Crippen LogP contribution in [0.3, 0.4) is 0 Å². The monoisotopic (exact) mass is 461 g/mol. The van der Waals surface area contributed by atoms with Gasteiger partial charge in [-0.25, -0.2) is 0 Å². The second kappa shape index (κ2) is 10.2. The predicted octanol–water partition coefficient (Wildman–Crippen LogP) is 5.67. The van der Waals surface area contributed by atoms with Gasteiger partial charge < -0.3 is 24.3 Å². The van der Waals surface area contributed by atoms with Gasteiger partial charge in [-0.05, 0) is 55.3 Å². The molecule has 6 nitrogen and oxygen atoms in total. The Hall–Kier alpha value is -3.51. The molecule has 0 amide bonds. The van der Waals surface area contributed by atoms with Crippen molar-refractivity contribution in [3.05, 3.63) is 89.5 Å². The number of ether oxygens (including phenoxy) is 4. The second-order valence-corrected chi connectivity index (χ2v) is 8.91. The van der Waals surface area contributed by atoms with E-state index in [4.69, 9.17) is 18.9 Å². The molecule has 2 atom stereocenters. The summed E-state index contributed by atoms with van der Waals surface area (Å²) in [6.45, 7) is 6.28. The van der Waals surface area contributed by atoms with Crippen molar-refractivity contribution < 1.29 is 23.7 Å². The smallest absolute Gasteiger partial charge is 0.303 e. The van der Waals surface area contributed by atoms with E-state index in [1.54, 1.807) is 7.11 Å². The highest BCUT2D eigenvalue weighted by molar-refractivity contribution is 5.66.